The molecule has 0 aromatic rings. The summed E-state index contributed by atoms with van der Waals surface area (Å²) in [5.74, 6) is -1.51. The molecule has 0 radical (unpaired) electrons. The third kappa shape index (κ3) is 2.64. The van der Waals surface area contributed by atoms with Crippen LogP contribution in [0.1, 0.15) is 27.7 Å². The van der Waals surface area contributed by atoms with Gasteiger partial charge in [0.15, 0.2) is 0 Å². The summed E-state index contributed by atoms with van der Waals surface area (Å²) in [6.45, 7) is 7.48. The molecule has 0 amide bonds. The predicted octanol–water partition coefficient (Wildman–Crippen LogP) is 1.41. The summed E-state index contributed by atoms with van der Waals surface area (Å²) in [5.41, 5.74) is -0.189. The molecular weight excluding hydrogens is 156 g/mol. The highest BCUT2D eigenvalue weighted by Gasteiger charge is 2.31. The van der Waals surface area contributed by atoms with E-state index in [4.69, 9.17) is 0 Å². The van der Waals surface area contributed by atoms with Gasteiger partial charge in [-0.05, 0) is 5.41 Å². The molecule has 12 heavy (non-hydrogen) atoms. The molecule has 1 unspecified atom stereocenters. The fraction of sp³-hybridized carbons (Fsp3) is 0.778. The summed E-state index contributed by atoms with van der Waals surface area (Å²) in [6.07, 6.45) is 0. The largest absolute Gasteiger partial charge is 0.463 e. The maximum Gasteiger partial charge on any atom is 0.374 e. The zero-order chi connectivity index (χ0) is 9.94. The van der Waals surface area contributed by atoms with Crippen LogP contribution in [0, 0.1) is 11.3 Å². The molecule has 0 bridgehead atoms. The average molecular weight is 172 g/mol. The van der Waals surface area contributed by atoms with Gasteiger partial charge in [-0.1, -0.05) is 27.7 Å². The molecule has 3 heteroatoms. The molecule has 0 rings (SSSR count). The monoisotopic (exact) mass is 172 g/mol. The molecule has 0 fully saturated rings. The molecular formula is C9H16O3. The third-order valence-electron chi connectivity index (χ3n) is 2.08. The first-order valence-electron chi connectivity index (χ1n) is 3.93. The summed E-state index contributed by atoms with van der Waals surface area (Å²) in [7, 11) is 1.22. The van der Waals surface area contributed by atoms with E-state index in [1.54, 1.807) is 6.92 Å². The molecule has 3 nitrogen and oxygen atoms in total. The number of methoxy groups -OCH3 is 1. The van der Waals surface area contributed by atoms with E-state index >= 15 is 0 Å². The minimum atomic E-state index is -0.752. The number of carbonyl (C=O) groups excluding carboxylic acids is 2. The number of hydrogen-bond donors (Lipinski definition) is 0. The van der Waals surface area contributed by atoms with Gasteiger partial charge in [0.1, 0.15) is 0 Å². The molecule has 0 aliphatic carbocycles. The Labute approximate surface area is 73.1 Å². The van der Waals surface area contributed by atoms with Crippen LogP contribution >= 0.6 is 0 Å². The molecule has 0 heterocycles. The van der Waals surface area contributed by atoms with E-state index in [2.05, 4.69) is 4.74 Å². The Bertz CT molecular complexity index is 188. The number of ketones is 1. The molecule has 0 aliphatic rings. The Morgan fingerprint density at radius 1 is 1.25 bits per heavy atom. The molecule has 0 spiro atoms. The van der Waals surface area contributed by atoms with Gasteiger partial charge in [-0.3, -0.25) is 4.79 Å². The van der Waals surface area contributed by atoms with E-state index < -0.39 is 11.8 Å². The quantitative estimate of drug-likeness (QED) is 0.467. The van der Waals surface area contributed by atoms with Crippen LogP contribution < -0.4 is 0 Å². The molecule has 0 saturated carbocycles. The average Bonchev–Trinajstić information content (AvgIpc) is 1.98. The van der Waals surface area contributed by atoms with Crippen LogP contribution in [0.4, 0.5) is 0 Å². The second kappa shape index (κ2) is 3.70. The van der Waals surface area contributed by atoms with Crippen molar-refractivity contribution in [2.45, 2.75) is 27.7 Å². The highest BCUT2D eigenvalue weighted by atomic mass is 16.5. The first-order chi connectivity index (χ1) is 5.30. The van der Waals surface area contributed by atoms with Crippen LogP contribution in [-0.2, 0) is 14.3 Å². The van der Waals surface area contributed by atoms with Gasteiger partial charge >= 0.3 is 5.97 Å². The molecule has 0 saturated heterocycles. The van der Waals surface area contributed by atoms with Gasteiger partial charge in [0.2, 0.25) is 5.78 Å². The number of carbonyl (C=O) groups is 2. The van der Waals surface area contributed by atoms with Crippen molar-refractivity contribution in [3.8, 4) is 0 Å². The number of Topliss-reactive ketones (excluding diaryl/α,β-unsaturated/α-hetero) is 1. The minimum Gasteiger partial charge on any atom is -0.463 e. The van der Waals surface area contributed by atoms with E-state index in [1.807, 2.05) is 20.8 Å². The molecule has 0 aliphatic heterocycles. The van der Waals surface area contributed by atoms with Crippen molar-refractivity contribution in [2.24, 2.45) is 11.3 Å². The Morgan fingerprint density at radius 2 is 1.67 bits per heavy atom. The summed E-state index contributed by atoms with van der Waals surface area (Å²) >= 11 is 0. The zero-order valence-corrected chi connectivity index (χ0v) is 8.30. The van der Waals surface area contributed by atoms with Crippen LogP contribution in [-0.4, -0.2) is 18.9 Å². The van der Waals surface area contributed by atoms with Gasteiger partial charge < -0.3 is 4.74 Å². The number of esters is 1. The van der Waals surface area contributed by atoms with Crippen molar-refractivity contribution in [3.05, 3.63) is 0 Å². The summed E-state index contributed by atoms with van der Waals surface area (Å²) < 4.78 is 4.34. The van der Waals surface area contributed by atoms with Crippen LogP contribution in [0.5, 0.6) is 0 Å². The van der Waals surface area contributed by atoms with Crippen molar-refractivity contribution in [1.29, 1.82) is 0 Å². The molecule has 0 aromatic carbocycles. The van der Waals surface area contributed by atoms with Crippen molar-refractivity contribution >= 4 is 11.8 Å². The zero-order valence-electron chi connectivity index (χ0n) is 8.30. The first-order valence-corrected chi connectivity index (χ1v) is 3.93. The highest BCUT2D eigenvalue weighted by Crippen LogP contribution is 2.26. The Morgan fingerprint density at radius 3 is 1.92 bits per heavy atom. The lowest BCUT2D eigenvalue weighted by atomic mass is 9.79. The normalized spacial score (nSPS) is 13.8. The Balaban J connectivity index is 4.41. The number of hydrogen-bond acceptors (Lipinski definition) is 3. The summed E-state index contributed by atoms with van der Waals surface area (Å²) in [4.78, 5) is 22.1. The number of rotatable bonds is 2. The molecule has 0 aromatic heterocycles. The Hall–Kier alpha value is -0.860. The summed E-state index contributed by atoms with van der Waals surface area (Å²) in [5, 5.41) is 0. The topological polar surface area (TPSA) is 43.4 Å². The molecule has 1 atom stereocenters. The second-order valence-electron chi connectivity index (χ2n) is 3.94. The lowest BCUT2D eigenvalue weighted by molar-refractivity contribution is -0.154. The molecule has 0 N–H and O–H groups in total. The fourth-order valence-electron chi connectivity index (χ4n) is 0.671. The molecule has 70 valence electrons. The lowest BCUT2D eigenvalue weighted by Gasteiger charge is -2.24. The minimum absolute atomic E-state index is 0.189. The van der Waals surface area contributed by atoms with Crippen LogP contribution in [0.3, 0.4) is 0 Å². The maximum absolute atomic E-state index is 11.2. The first kappa shape index (κ1) is 11.1. The SMILES string of the molecule is COC(=O)C(=O)C(C)C(C)(C)C. The van der Waals surface area contributed by atoms with E-state index in [9.17, 15) is 9.59 Å². The standard InChI is InChI=1S/C9H16O3/c1-6(9(2,3)4)7(10)8(11)12-5/h6H,1-5H3. The fourth-order valence-corrected chi connectivity index (χ4v) is 0.671. The van der Waals surface area contributed by atoms with E-state index in [0.717, 1.165) is 0 Å². The van der Waals surface area contributed by atoms with Crippen molar-refractivity contribution < 1.29 is 14.3 Å². The van der Waals surface area contributed by atoms with Crippen LogP contribution in [0.2, 0.25) is 0 Å². The lowest BCUT2D eigenvalue weighted by Crippen LogP contribution is -2.31. The maximum atomic E-state index is 11.2. The van der Waals surface area contributed by atoms with Gasteiger partial charge in [0.25, 0.3) is 0 Å². The van der Waals surface area contributed by atoms with Gasteiger partial charge in [-0.15, -0.1) is 0 Å². The predicted molar refractivity (Wildman–Crippen MR) is 45.6 cm³/mol. The number of ether oxygens (including phenoxy) is 1. The van der Waals surface area contributed by atoms with E-state index in [-0.39, 0.29) is 11.3 Å². The highest BCUT2D eigenvalue weighted by molar-refractivity contribution is 6.34. The van der Waals surface area contributed by atoms with Crippen molar-refractivity contribution in [1.82, 2.24) is 0 Å². The smallest absolute Gasteiger partial charge is 0.374 e. The van der Waals surface area contributed by atoms with Gasteiger partial charge in [0, 0.05) is 5.92 Å². The van der Waals surface area contributed by atoms with Crippen molar-refractivity contribution in [2.75, 3.05) is 7.11 Å². The van der Waals surface area contributed by atoms with Gasteiger partial charge in [-0.25, -0.2) is 4.79 Å². The van der Waals surface area contributed by atoms with Crippen LogP contribution in [0.25, 0.3) is 0 Å². The van der Waals surface area contributed by atoms with Gasteiger partial charge in [-0.2, -0.15) is 0 Å². The van der Waals surface area contributed by atoms with Crippen LogP contribution in [0.15, 0.2) is 0 Å². The third-order valence-corrected chi connectivity index (χ3v) is 2.08. The summed E-state index contributed by atoms with van der Waals surface area (Å²) in [6, 6.07) is 0. The Kier molecular flexibility index (Phi) is 3.43. The van der Waals surface area contributed by atoms with E-state index in [0.29, 0.717) is 0 Å². The second-order valence-corrected chi connectivity index (χ2v) is 3.94. The van der Waals surface area contributed by atoms with Gasteiger partial charge in [0.05, 0.1) is 7.11 Å². The van der Waals surface area contributed by atoms with E-state index in [1.165, 1.54) is 7.11 Å². The van der Waals surface area contributed by atoms with Crippen molar-refractivity contribution in [3.63, 3.8) is 0 Å².